The average molecular weight is 238 g/mol. The van der Waals surface area contributed by atoms with Gasteiger partial charge in [-0.1, -0.05) is 0 Å². The molecular formula is C13H18O4. The number of hydrogen-bond acceptors (Lipinski definition) is 4. The molecule has 0 amide bonds. The maximum atomic E-state index is 11.5. The van der Waals surface area contributed by atoms with Gasteiger partial charge in [0.1, 0.15) is 5.76 Å². The van der Waals surface area contributed by atoms with Gasteiger partial charge in [0.25, 0.3) is 0 Å². The van der Waals surface area contributed by atoms with E-state index in [2.05, 4.69) is 0 Å². The number of carbonyl (C=O) groups excluding carboxylic acids is 1. The summed E-state index contributed by atoms with van der Waals surface area (Å²) in [6.45, 7) is 4.83. The SMILES string of the molecule is CC(C)=C1C=C(COC2CCCCO2)C(=O)O1. The van der Waals surface area contributed by atoms with Gasteiger partial charge in [-0.25, -0.2) is 4.79 Å². The Balaban J connectivity index is 1.88. The summed E-state index contributed by atoms with van der Waals surface area (Å²) < 4.78 is 16.1. The van der Waals surface area contributed by atoms with Crippen molar-refractivity contribution in [2.45, 2.75) is 39.4 Å². The molecule has 1 saturated heterocycles. The lowest BCUT2D eigenvalue weighted by molar-refractivity contribution is -0.159. The number of cyclic esters (lactones) is 1. The van der Waals surface area contributed by atoms with Crippen molar-refractivity contribution in [1.29, 1.82) is 0 Å². The van der Waals surface area contributed by atoms with Gasteiger partial charge < -0.3 is 14.2 Å². The highest BCUT2D eigenvalue weighted by Gasteiger charge is 2.23. The van der Waals surface area contributed by atoms with E-state index in [1.807, 2.05) is 13.8 Å². The van der Waals surface area contributed by atoms with E-state index in [0.717, 1.165) is 31.4 Å². The largest absolute Gasteiger partial charge is 0.423 e. The summed E-state index contributed by atoms with van der Waals surface area (Å²) in [5.74, 6) is 0.329. The molecule has 94 valence electrons. The van der Waals surface area contributed by atoms with Gasteiger partial charge in [0.2, 0.25) is 0 Å². The highest BCUT2D eigenvalue weighted by Crippen LogP contribution is 2.22. The quantitative estimate of drug-likeness (QED) is 0.708. The lowest BCUT2D eigenvalue weighted by atomic mass is 10.2. The van der Waals surface area contributed by atoms with Crippen LogP contribution >= 0.6 is 0 Å². The van der Waals surface area contributed by atoms with E-state index in [0.29, 0.717) is 11.3 Å². The number of allylic oxidation sites excluding steroid dienone is 2. The van der Waals surface area contributed by atoms with Crippen LogP contribution in [0.2, 0.25) is 0 Å². The molecule has 1 unspecified atom stereocenters. The van der Waals surface area contributed by atoms with Crippen LogP contribution in [0, 0.1) is 0 Å². The first-order valence-electron chi connectivity index (χ1n) is 6.00. The van der Waals surface area contributed by atoms with Crippen molar-refractivity contribution < 1.29 is 19.0 Å². The number of hydrogen-bond donors (Lipinski definition) is 0. The van der Waals surface area contributed by atoms with Crippen LogP contribution in [0.1, 0.15) is 33.1 Å². The minimum Gasteiger partial charge on any atom is -0.423 e. The predicted molar refractivity (Wildman–Crippen MR) is 62.1 cm³/mol. The van der Waals surface area contributed by atoms with Gasteiger partial charge in [0, 0.05) is 6.61 Å². The summed E-state index contributed by atoms with van der Waals surface area (Å²) in [5, 5.41) is 0. The van der Waals surface area contributed by atoms with Crippen LogP contribution in [0.15, 0.2) is 23.0 Å². The molecule has 4 heteroatoms. The molecule has 0 bridgehead atoms. The summed E-state index contributed by atoms with van der Waals surface area (Å²) in [6.07, 6.45) is 4.69. The minimum atomic E-state index is -0.308. The van der Waals surface area contributed by atoms with Crippen molar-refractivity contribution in [2.75, 3.05) is 13.2 Å². The Kier molecular flexibility index (Phi) is 3.97. The maximum absolute atomic E-state index is 11.5. The zero-order valence-corrected chi connectivity index (χ0v) is 10.3. The third-order valence-corrected chi connectivity index (χ3v) is 2.83. The molecule has 4 nitrogen and oxygen atoms in total. The van der Waals surface area contributed by atoms with E-state index in [9.17, 15) is 4.79 Å². The number of rotatable bonds is 3. The van der Waals surface area contributed by atoms with E-state index >= 15 is 0 Å². The molecule has 1 atom stereocenters. The lowest BCUT2D eigenvalue weighted by Gasteiger charge is -2.22. The molecule has 1 fully saturated rings. The van der Waals surface area contributed by atoms with Gasteiger partial charge in [-0.15, -0.1) is 0 Å². The van der Waals surface area contributed by atoms with Crippen LogP contribution in [-0.2, 0) is 19.0 Å². The number of ether oxygens (including phenoxy) is 3. The zero-order valence-electron chi connectivity index (χ0n) is 10.3. The molecule has 0 aromatic carbocycles. The first-order valence-corrected chi connectivity index (χ1v) is 6.00. The summed E-state index contributed by atoms with van der Waals surface area (Å²) in [4.78, 5) is 11.5. The first-order chi connectivity index (χ1) is 8.16. The molecular weight excluding hydrogens is 220 g/mol. The van der Waals surface area contributed by atoms with E-state index in [4.69, 9.17) is 14.2 Å². The van der Waals surface area contributed by atoms with Gasteiger partial charge in [-0.05, 0) is 44.8 Å². The first kappa shape index (κ1) is 12.3. The van der Waals surface area contributed by atoms with E-state index in [1.54, 1.807) is 6.08 Å². The van der Waals surface area contributed by atoms with Crippen molar-refractivity contribution in [3.63, 3.8) is 0 Å². The van der Waals surface area contributed by atoms with Crippen molar-refractivity contribution in [3.8, 4) is 0 Å². The van der Waals surface area contributed by atoms with Crippen molar-refractivity contribution in [3.05, 3.63) is 23.0 Å². The summed E-state index contributed by atoms with van der Waals surface area (Å²) in [7, 11) is 0. The van der Waals surface area contributed by atoms with Crippen molar-refractivity contribution in [1.82, 2.24) is 0 Å². The third kappa shape index (κ3) is 3.17. The highest BCUT2D eigenvalue weighted by molar-refractivity contribution is 5.93. The standard InChI is InChI=1S/C13H18O4/c1-9(2)11-7-10(13(14)17-11)8-16-12-5-3-4-6-15-12/h7,12H,3-6,8H2,1-2H3. The molecule has 0 radical (unpaired) electrons. The Morgan fingerprint density at radius 1 is 1.47 bits per heavy atom. The van der Waals surface area contributed by atoms with Crippen LogP contribution < -0.4 is 0 Å². The summed E-state index contributed by atoms with van der Waals surface area (Å²) >= 11 is 0. The highest BCUT2D eigenvalue weighted by atomic mass is 16.7. The normalized spacial score (nSPS) is 24.6. The molecule has 0 aromatic rings. The Labute approximate surface area is 101 Å². The van der Waals surface area contributed by atoms with Gasteiger partial charge >= 0.3 is 5.97 Å². The molecule has 17 heavy (non-hydrogen) atoms. The van der Waals surface area contributed by atoms with Crippen LogP contribution in [-0.4, -0.2) is 25.5 Å². The Morgan fingerprint density at radius 3 is 2.88 bits per heavy atom. The maximum Gasteiger partial charge on any atom is 0.341 e. The monoisotopic (exact) mass is 238 g/mol. The Hall–Kier alpha value is -1.13. The zero-order chi connectivity index (χ0) is 12.3. The third-order valence-electron chi connectivity index (χ3n) is 2.83. The van der Waals surface area contributed by atoms with Gasteiger partial charge in [-0.3, -0.25) is 0 Å². The smallest absolute Gasteiger partial charge is 0.341 e. The Morgan fingerprint density at radius 2 is 2.29 bits per heavy atom. The average Bonchev–Trinajstić information content (AvgIpc) is 2.70. The van der Waals surface area contributed by atoms with Gasteiger partial charge in [0.05, 0.1) is 12.2 Å². The summed E-state index contributed by atoms with van der Waals surface area (Å²) in [5.41, 5.74) is 1.55. The topological polar surface area (TPSA) is 44.8 Å². The second-order valence-corrected chi connectivity index (χ2v) is 4.53. The van der Waals surface area contributed by atoms with Crippen LogP contribution in [0.25, 0.3) is 0 Å². The summed E-state index contributed by atoms with van der Waals surface area (Å²) in [6, 6.07) is 0. The van der Waals surface area contributed by atoms with Crippen LogP contribution in [0.5, 0.6) is 0 Å². The minimum absolute atomic E-state index is 0.173. The van der Waals surface area contributed by atoms with Crippen molar-refractivity contribution in [2.24, 2.45) is 0 Å². The second-order valence-electron chi connectivity index (χ2n) is 4.53. The number of carbonyl (C=O) groups is 1. The fourth-order valence-electron chi connectivity index (χ4n) is 1.78. The molecule has 2 heterocycles. The molecule has 2 aliphatic heterocycles. The Bertz CT molecular complexity index is 358. The molecule has 2 aliphatic rings. The van der Waals surface area contributed by atoms with Gasteiger partial charge in [0.15, 0.2) is 6.29 Å². The van der Waals surface area contributed by atoms with Crippen LogP contribution in [0.4, 0.5) is 0 Å². The predicted octanol–water partition coefficient (Wildman–Crippen LogP) is 2.31. The molecule has 0 spiro atoms. The van der Waals surface area contributed by atoms with Crippen LogP contribution in [0.3, 0.4) is 0 Å². The van der Waals surface area contributed by atoms with E-state index in [1.165, 1.54) is 0 Å². The molecule has 0 saturated carbocycles. The fraction of sp³-hybridized carbons (Fsp3) is 0.615. The fourth-order valence-corrected chi connectivity index (χ4v) is 1.78. The molecule has 0 N–H and O–H groups in total. The second kappa shape index (κ2) is 5.47. The van der Waals surface area contributed by atoms with E-state index < -0.39 is 0 Å². The van der Waals surface area contributed by atoms with Crippen molar-refractivity contribution >= 4 is 5.97 Å². The molecule has 0 aromatic heterocycles. The van der Waals surface area contributed by atoms with Gasteiger partial charge in [-0.2, -0.15) is 0 Å². The molecule has 2 rings (SSSR count). The number of esters is 1. The molecule has 0 aliphatic carbocycles. The van der Waals surface area contributed by atoms with E-state index in [-0.39, 0.29) is 18.9 Å². The lowest BCUT2D eigenvalue weighted by Crippen LogP contribution is -2.23.